The number of aryl methyl sites for hydroxylation is 1. The second kappa shape index (κ2) is 11.6. The third-order valence-corrected chi connectivity index (χ3v) is 16.6. The zero-order chi connectivity index (χ0) is 23.9. The maximum atomic E-state index is 13.0. The first-order valence-electron chi connectivity index (χ1n) is 11.2. The molecule has 0 unspecified atom stereocenters. The maximum absolute atomic E-state index is 13.0. The first-order chi connectivity index (χ1) is 15.7. The predicted molar refractivity (Wildman–Crippen MR) is 133 cm³/mol. The van der Waals surface area contributed by atoms with Crippen LogP contribution in [0, 0.1) is 14.1 Å². The molecule has 0 aromatic heterocycles. The van der Waals surface area contributed by atoms with Gasteiger partial charge in [0.05, 0.1) is 11.5 Å². The number of halogens is 1. The molecule has 3 rings (SSSR count). The fraction of sp³-hybridized carbons (Fsp3) is 0.308. The molecule has 0 aliphatic heterocycles. The van der Waals surface area contributed by atoms with E-state index in [2.05, 4.69) is 20.0 Å². The van der Waals surface area contributed by atoms with Gasteiger partial charge in [0.25, 0.3) is 0 Å². The SMILES string of the molecule is CC[Si](C)(C)CCCOc1ccc([I+](OS(=O)(=O)c2ccc(C)cc2)c2ccccc2)cc1. The number of ether oxygens (including phenoxy) is 1. The highest BCUT2D eigenvalue weighted by atomic mass is 127. The number of benzene rings is 3. The van der Waals surface area contributed by atoms with Crippen molar-refractivity contribution in [3.8, 4) is 5.75 Å². The van der Waals surface area contributed by atoms with Gasteiger partial charge < -0.3 is 4.74 Å². The monoisotopic (exact) mass is 596 g/mol. The van der Waals surface area contributed by atoms with E-state index in [1.165, 1.54) is 12.1 Å². The molecular weight excluding hydrogens is 563 g/mol. The summed E-state index contributed by atoms with van der Waals surface area (Å²) in [5, 5.41) is 0. The van der Waals surface area contributed by atoms with Crippen molar-refractivity contribution < 1.29 is 35.9 Å². The van der Waals surface area contributed by atoms with Gasteiger partial charge in [-0.2, -0.15) is 8.42 Å². The molecule has 1 radical (unpaired) electrons. The van der Waals surface area contributed by atoms with Crippen LogP contribution in [0.4, 0.5) is 0 Å². The Morgan fingerprint density at radius 2 is 1.45 bits per heavy atom. The van der Waals surface area contributed by atoms with Gasteiger partial charge in [-0.25, -0.2) is 0 Å². The van der Waals surface area contributed by atoms with Crippen LogP contribution in [0.5, 0.6) is 5.75 Å². The van der Waals surface area contributed by atoms with E-state index < -0.39 is 38.4 Å². The van der Waals surface area contributed by atoms with Crippen molar-refractivity contribution in [3.05, 3.63) is 91.6 Å². The highest BCUT2D eigenvalue weighted by Crippen LogP contribution is 2.17. The molecule has 0 heterocycles. The Kier molecular flexibility index (Phi) is 9.15. The summed E-state index contributed by atoms with van der Waals surface area (Å²) >= 11 is -2.70. The quantitative estimate of drug-likeness (QED) is 0.193. The first kappa shape index (κ1) is 25.9. The molecule has 3 aromatic rings. The summed E-state index contributed by atoms with van der Waals surface area (Å²) in [5.41, 5.74) is 1.00. The summed E-state index contributed by atoms with van der Waals surface area (Å²) in [6.45, 7) is 9.74. The van der Waals surface area contributed by atoms with Crippen LogP contribution in [-0.4, -0.2) is 23.1 Å². The van der Waals surface area contributed by atoms with Gasteiger partial charge in [-0.3, -0.25) is 0 Å². The summed E-state index contributed by atoms with van der Waals surface area (Å²) in [7, 11) is -4.95. The van der Waals surface area contributed by atoms with Gasteiger partial charge in [0, 0.05) is 8.07 Å². The van der Waals surface area contributed by atoms with Crippen LogP contribution in [0.1, 0.15) is 18.9 Å². The minimum atomic E-state index is -3.87. The van der Waals surface area contributed by atoms with Crippen LogP contribution in [0.15, 0.2) is 83.8 Å². The molecule has 3 aromatic carbocycles. The minimum absolute atomic E-state index is 0.185. The third kappa shape index (κ3) is 7.66. The fourth-order valence-electron chi connectivity index (χ4n) is 3.11. The van der Waals surface area contributed by atoms with Crippen molar-refractivity contribution in [2.24, 2.45) is 0 Å². The lowest BCUT2D eigenvalue weighted by Crippen LogP contribution is -3.85. The number of hydrogen-bond donors (Lipinski definition) is 0. The molecule has 0 N–H and O–H groups in total. The Morgan fingerprint density at radius 3 is 2.06 bits per heavy atom. The van der Waals surface area contributed by atoms with Gasteiger partial charge in [-0.15, -0.1) is 0 Å². The smallest absolute Gasteiger partial charge is 0.336 e. The van der Waals surface area contributed by atoms with Crippen LogP contribution in [0.3, 0.4) is 0 Å². The van der Waals surface area contributed by atoms with Crippen LogP contribution in [-0.2, 0) is 12.6 Å². The molecule has 33 heavy (non-hydrogen) atoms. The highest BCUT2D eigenvalue weighted by Gasteiger charge is 2.37. The van der Waals surface area contributed by atoms with Crippen molar-refractivity contribution in [2.45, 2.75) is 50.3 Å². The Hall–Kier alpha value is -1.68. The Labute approximate surface area is 207 Å². The summed E-state index contributed by atoms with van der Waals surface area (Å²) in [5.74, 6) is 0.806. The van der Waals surface area contributed by atoms with E-state index in [-0.39, 0.29) is 4.90 Å². The van der Waals surface area contributed by atoms with Gasteiger partial charge >= 0.3 is 30.4 Å². The van der Waals surface area contributed by atoms with Crippen molar-refractivity contribution in [1.82, 2.24) is 0 Å². The molecule has 0 bridgehead atoms. The topological polar surface area (TPSA) is 52.6 Å². The van der Waals surface area contributed by atoms with E-state index in [4.69, 9.17) is 7.25 Å². The van der Waals surface area contributed by atoms with Crippen LogP contribution in [0.2, 0.25) is 25.2 Å². The second-order valence-electron chi connectivity index (χ2n) is 8.80. The van der Waals surface area contributed by atoms with Gasteiger partial charge in [-0.1, -0.05) is 68.0 Å². The molecule has 0 saturated heterocycles. The van der Waals surface area contributed by atoms with Crippen LogP contribution in [0.25, 0.3) is 0 Å². The maximum Gasteiger partial charge on any atom is 0.336 e. The first-order valence-corrected chi connectivity index (χ1v) is 19.1. The lowest BCUT2D eigenvalue weighted by Gasteiger charge is -2.19. The molecule has 7 heteroatoms. The van der Waals surface area contributed by atoms with Crippen molar-refractivity contribution >= 4 is 18.2 Å². The predicted octanol–water partition coefficient (Wildman–Crippen LogP) is 3.48. The van der Waals surface area contributed by atoms with E-state index in [1.54, 1.807) is 24.3 Å². The van der Waals surface area contributed by atoms with Crippen LogP contribution >= 0.6 is 0 Å². The number of hydrogen-bond acceptors (Lipinski definition) is 4. The van der Waals surface area contributed by atoms with Crippen LogP contribution < -0.4 is 25.0 Å². The second-order valence-corrected chi connectivity index (χ2v) is 20.8. The molecule has 4 nitrogen and oxygen atoms in total. The van der Waals surface area contributed by atoms with E-state index >= 15 is 0 Å². The molecule has 0 fully saturated rings. The van der Waals surface area contributed by atoms with E-state index in [9.17, 15) is 8.42 Å². The summed E-state index contributed by atoms with van der Waals surface area (Å²) in [6, 6.07) is 26.7. The van der Waals surface area contributed by atoms with Crippen molar-refractivity contribution in [3.63, 3.8) is 0 Å². The molecule has 177 valence electrons. The third-order valence-electron chi connectivity index (χ3n) is 5.62. The molecule has 0 saturated carbocycles. The van der Waals surface area contributed by atoms with Gasteiger partial charge in [0.1, 0.15) is 5.75 Å². The molecular formula is C26H33IO4SSi+. The Balaban J connectivity index is 1.76. The fourth-order valence-corrected chi connectivity index (χ4v) is 11.5. The van der Waals surface area contributed by atoms with E-state index in [0.29, 0.717) is 6.61 Å². The van der Waals surface area contributed by atoms with E-state index in [0.717, 1.165) is 24.9 Å². The normalized spacial score (nSPS) is 12.2. The van der Waals surface area contributed by atoms with Gasteiger partial charge in [-0.05, 0) is 64.4 Å². The average Bonchev–Trinajstić information content (AvgIpc) is 2.82. The average molecular weight is 597 g/mol. The Morgan fingerprint density at radius 1 is 0.848 bits per heavy atom. The zero-order valence-electron chi connectivity index (χ0n) is 19.8. The van der Waals surface area contributed by atoms with Gasteiger partial charge in [0.15, 0.2) is 7.14 Å². The van der Waals surface area contributed by atoms with E-state index in [1.807, 2.05) is 61.5 Å². The summed E-state index contributed by atoms with van der Waals surface area (Å²) in [6.07, 6.45) is 1.06. The molecule has 0 aliphatic carbocycles. The van der Waals surface area contributed by atoms with Crippen molar-refractivity contribution in [2.75, 3.05) is 6.61 Å². The minimum Gasteiger partial charge on any atom is -0.494 e. The molecule has 0 spiro atoms. The lowest BCUT2D eigenvalue weighted by molar-refractivity contribution is -1.03. The standard InChI is InChI=1S/C26H33IO4SSi/c1-5-33(3,4)21-9-20-30-25-16-14-24(15-17-25)27(23-10-7-6-8-11-23)31-32(28,29)26-18-12-22(2)13-19-26/h6-8,10-19H,5,9,20-21H2,1-4H3/q+1. The van der Waals surface area contributed by atoms with Gasteiger partial charge in [0.2, 0.25) is 0 Å². The lowest BCUT2D eigenvalue weighted by atomic mass is 10.2. The zero-order valence-corrected chi connectivity index (χ0v) is 23.7. The largest absolute Gasteiger partial charge is 0.494 e. The molecule has 0 amide bonds. The number of rotatable bonds is 11. The molecule has 0 aliphatic rings. The van der Waals surface area contributed by atoms with Crippen molar-refractivity contribution in [1.29, 1.82) is 0 Å². The Bertz CT molecular complexity index is 1120. The molecule has 0 atom stereocenters. The summed E-state index contributed by atoms with van der Waals surface area (Å²) in [4.78, 5) is 0.185. The highest BCUT2D eigenvalue weighted by molar-refractivity contribution is 7.86. The summed E-state index contributed by atoms with van der Waals surface area (Å²) < 4.78 is 39.8.